The molecular formula is C25H31N5O5S2. The summed E-state index contributed by atoms with van der Waals surface area (Å²) in [6.07, 6.45) is 2.71. The van der Waals surface area contributed by atoms with Crippen molar-refractivity contribution >= 4 is 39.9 Å². The van der Waals surface area contributed by atoms with Gasteiger partial charge in [-0.3, -0.25) is 9.59 Å². The first-order valence-electron chi connectivity index (χ1n) is 11.9. The summed E-state index contributed by atoms with van der Waals surface area (Å²) >= 11 is 2.72. The van der Waals surface area contributed by atoms with Crippen molar-refractivity contribution in [2.75, 3.05) is 32.4 Å². The number of fused-ring (bicyclic) bond motifs is 1. The molecule has 4 rings (SSSR count). The van der Waals surface area contributed by atoms with E-state index < -0.39 is 5.91 Å². The normalized spacial score (nSPS) is 14.7. The van der Waals surface area contributed by atoms with Crippen LogP contribution in [-0.4, -0.2) is 53.7 Å². The Morgan fingerprint density at radius 3 is 2.49 bits per heavy atom. The lowest BCUT2D eigenvalue weighted by molar-refractivity contribution is -0.113. The molecule has 2 amide bonds. The number of thiophene rings is 1. The molecule has 198 valence electrons. The number of anilines is 1. The second-order valence-corrected chi connectivity index (χ2v) is 10.8. The van der Waals surface area contributed by atoms with E-state index in [4.69, 9.17) is 19.9 Å². The number of hydrogen-bond donors (Lipinski definition) is 2. The summed E-state index contributed by atoms with van der Waals surface area (Å²) in [5.41, 5.74) is 7.85. The maximum Gasteiger partial charge on any atom is 0.251 e. The molecule has 3 N–H and O–H groups in total. The molecule has 0 aliphatic heterocycles. The molecule has 1 aliphatic rings. The number of carbonyl (C=O) groups is 2. The number of nitrogens with zero attached hydrogens (tertiary/aromatic N) is 3. The maximum absolute atomic E-state index is 12.9. The molecular weight excluding hydrogens is 514 g/mol. The number of rotatable bonds is 10. The van der Waals surface area contributed by atoms with E-state index in [2.05, 4.69) is 22.4 Å². The van der Waals surface area contributed by atoms with Gasteiger partial charge in [0.1, 0.15) is 5.00 Å². The SMILES string of the molecule is CCn1c(SCC(=O)Nc2sc3c(c2C(N)=O)CCC(C)C3)nnc1-c1cc(OC)c(OC)c(OC)c1. The fourth-order valence-corrected chi connectivity index (χ4v) is 6.73. The summed E-state index contributed by atoms with van der Waals surface area (Å²) in [5.74, 6) is 2.03. The van der Waals surface area contributed by atoms with E-state index in [1.807, 2.05) is 23.6 Å². The van der Waals surface area contributed by atoms with Gasteiger partial charge in [-0.15, -0.1) is 21.5 Å². The van der Waals surface area contributed by atoms with Crippen LogP contribution in [0.2, 0.25) is 0 Å². The predicted molar refractivity (Wildman–Crippen MR) is 144 cm³/mol. The highest BCUT2D eigenvalue weighted by Gasteiger charge is 2.27. The molecule has 1 unspecified atom stereocenters. The molecule has 37 heavy (non-hydrogen) atoms. The van der Waals surface area contributed by atoms with E-state index in [0.717, 1.165) is 35.3 Å². The molecule has 0 fully saturated rings. The number of methoxy groups -OCH3 is 3. The molecule has 0 radical (unpaired) electrons. The highest BCUT2D eigenvalue weighted by atomic mass is 32.2. The molecule has 1 aliphatic carbocycles. The molecule has 2 heterocycles. The third kappa shape index (κ3) is 5.40. The van der Waals surface area contributed by atoms with E-state index in [0.29, 0.717) is 51.3 Å². The number of carbonyl (C=O) groups excluding carboxylic acids is 2. The van der Waals surface area contributed by atoms with Gasteiger partial charge >= 0.3 is 0 Å². The molecule has 2 aromatic heterocycles. The highest BCUT2D eigenvalue weighted by molar-refractivity contribution is 7.99. The van der Waals surface area contributed by atoms with E-state index in [1.165, 1.54) is 23.1 Å². The molecule has 0 saturated heterocycles. The van der Waals surface area contributed by atoms with Crippen LogP contribution < -0.4 is 25.3 Å². The summed E-state index contributed by atoms with van der Waals surface area (Å²) in [4.78, 5) is 26.2. The fourth-order valence-electron chi connectivity index (χ4n) is 4.50. The number of ether oxygens (including phenoxy) is 3. The Morgan fingerprint density at radius 1 is 1.19 bits per heavy atom. The first-order valence-corrected chi connectivity index (χ1v) is 13.7. The molecule has 3 aromatic rings. The molecule has 12 heteroatoms. The second kappa shape index (κ2) is 11.4. The Balaban J connectivity index is 1.52. The maximum atomic E-state index is 12.9. The minimum Gasteiger partial charge on any atom is -0.493 e. The topological polar surface area (TPSA) is 131 Å². The highest BCUT2D eigenvalue weighted by Crippen LogP contribution is 2.42. The standard InChI is InChI=1S/C25H31N5O5S2/c1-6-30-23(14-10-16(33-3)21(35-5)17(11-14)34-4)28-29-25(30)36-12-19(31)27-24-20(22(26)32)15-8-7-13(2)9-18(15)37-24/h10-11,13H,6-9,12H2,1-5H3,(H2,26,32)(H,27,31). The number of amides is 2. The smallest absolute Gasteiger partial charge is 0.251 e. The Bertz CT molecular complexity index is 1290. The third-order valence-electron chi connectivity index (χ3n) is 6.30. The van der Waals surface area contributed by atoms with Gasteiger partial charge in [0.15, 0.2) is 22.5 Å². The first kappa shape index (κ1) is 26.8. The number of nitrogens with one attached hydrogen (secondary N) is 1. The minimum absolute atomic E-state index is 0.102. The van der Waals surface area contributed by atoms with Crippen LogP contribution in [0.3, 0.4) is 0 Å². The molecule has 10 nitrogen and oxygen atoms in total. The van der Waals surface area contributed by atoms with Crippen LogP contribution in [0, 0.1) is 5.92 Å². The second-order valence-electron chi connectivity index (χ2n) is 8.72. The number of aromatic nitrogens is 3. The lowest BCUT2D eigenvalue weighted by atomic mass is 9.88. The molecule has 1 aromatic carbocycles. The van der Waals surface area contributed by atoms with Crippen molar-refractivity contribution < 1.29 is 23.8 Å². The van der Waals surface area contributed by atoms with Crippen LogP contribution in [0.25, 0.3) is 11.4 Å². The van der Waals surface area contributed by atoms with Crippen LogP contribution in [0.4, 0.5) is 5.00 Å². The van der Waals surface area contributed by atoms with Crippen LogP contribution in [0.5, 0.6) is 17.2 Å². The Kier molecular flexibility index (Phi) is 8.28. The molecule has 0 bridgehead atoms. The lowest BCUT2D eigenvalue weighted by Gasteiger charge is -2.18. The van der Waals surface area contributed by atoms with Gasteiger partial charge in [0.05, 0.1) is 32.6 Å². The van der Waals surface area contributed by atoms with E-state index in [9.17, 15) is 9.59 Å². The minimum atomic E-state index is -0.504. The molecule has 0 spiro atoms. The number of hydrogen-bond acceptors (Lipinski definition) is 9. The molecule has 0 saturated carbocycles. The Morgan fingerprint density at radius 2 is 1.89 bits per heavy atom. The van der Waals surface area contributed by atoms with E-state index >= 15 is 0 Å². The van der Waals surface area contributed by atoms with E-state index in [-0.39, 0.29) is 11.7 Å². The largest absolute Gasteiger partial charge is 0.493 e. The fraction of sp³-hybridized carbons (Fsp3) is 0.440. The molecule has 1 atom stereocenters. The lowest BCUT2D eigenvalue weighted by Crippen LogP contribution is -2.20. The van der Waals surface area contributed by atoms with Gasteiger partial charge < -0.3 is 29.8 Å². The monoisotopic (exact) mass is 545 g/mol. The van der Waals surface area contributed by atoms with Crippen molar-refractivity contribution in [2.24, 2.45) is 11.7 Å². The zero-order valence-corrected chi connectivity index (χ0v) is 23.2. The van der Waals surface area contributed by atoms with Gasteiger partial charge in [-0.1, -0.05) is 18.7 Å². The van der Waals surface area contributed by atoms with Crippen LogP contribution in [0.1, 0.15) is 41.1 Å². The average Bonchev–Trinajstić information content (AvgIpc) is 3.46. The number of nitrogens with two attached hydrogens (primary N) is 1. The van der Waals surface area contributed by atoms with Gasteiger partial charge in [0.2, 0.25) is 11.7 Å². The zero-order valence-electron chi connectivity index (χ0n) is 21.5. The van der Waals surface area contributed by atoms with Crippen LogP contribution in [0.15, 0.2) is 17.3 Å². The summed E-state index contributed by atoms with van der Waals surface area (Å²) in [7, 11) is 4.66. The predicted octanol–water partition coefficient (Wildman–Crippen LogP) is 4.01. The summed E-state index contributed by atoms with van der Waals surface area (Å²) < 4.78 is 18.3. The van der Waals surface area contributed by atoms with Crippen molar-refractivity contribution in [1.29, 1.82) is 0 Å². The van der Waals surface area contributed by atoms with Crippen molar-refractivity contribution in [3.05, 3.63) is 28.1 Å². The van der Waals surface area contributed by atoms with Crippen LogP contribution >= 0.6 is 23.1 Å². The van der Waals surface area contributed by atoms with Crippen molar-refractivity contribution in [3.8, 4) is 28.6 Å². The van der Waals surface area contributed by atoms with Crippen molar-refractivity contribution in [1.82, 2.24) is 14.8 Å². The summed E-state index contributed by atoms with van der Waals surface area (Å²) in [6, 6.07) is 3.62. The van der Waals surface area contributed by atoms with Gasteiger partial charge in [-0.2, -0.15) is 0 Å². The van der Waals surface area contributed by atoms with Gasteiger partial charge in [0, 0.05) is 17.0 Å². The number of benzene rings is 1. The Hall–Kier alpha value is -3.25. The Labute approximate surface area is 223 Å². The van der Waals surface area contributed by atoms with Gasteiger partial charge in [-0.05, 0) is 49.8 Å². The third-order valence-corrected chi connectivity index (χ3v) is 8.44. The quantitative estimate of drug-likeness (QED) is 0.366. The van der Waals surface area contributed by atoms with Gasteiger partial charge in [-0.25, -0.2) is 0 Å². The summed E-state index contributed by atoms with van der Waals surface area (Å²) in [5, 5.41) is 12.7. The first-order chi connectivity index (χ1) is 17.8. The van der Waals surface area contributed by atoms with Crippen molar-refractivity contribution in [2.45, 2.75) is 44.8 Å². The zero-order chi connectivity index (χ0) is 26.7. The summed E-state index contributed by atoms with van der Waals surface area (Å²) in [6.45, 7) is 4.76. The van der Waals surface area contributed by atoms with Gasteiger partial charge in [0.25, 0.3) is 5.91 Å². The average molecular weight is 546 g/mol. The van der Waals surface area contributed by atoms with Crippen molar-refractivity contribution in [3.63, 3.8) is 0 Å². The number of thioether (sulfide) groups is 1. The van der Waals surface area contributed by atoms with E-state index in [1.54, 1.807) is 21.3 Å². The van der Waals surface area contributed by atoms with Crippen LogP contribution in [-0.2, 0) is 24.2 Å². The number of primary amides is 1.